The van der Waals surface area contributed by atoms with Crippen LogP contribution in [0, 0.1) is 5.82 Å². The zero-order chi connectivity index (χ0) is 14.9. The highest BCUT2D eigenvalue weighted by Gasteiger charge is 2.11. The molecule has 4 nitrogen and oxygen atoms in total. The van der Waals surface area contributed by atoms with Crippen molar-refractivity contribution in [3.63, 3.8) is 0 Å². The van der Waals surface area contributed by atoms with E-state index >= 15 is 0 Å². The van der Waals surface area contributed by atoms with Crippen molar-refractivity contribution in [2.24, 2.45) is 4.99 Å². The summed E-state index contributed by atoms with van der Waals surface area (Å²) in [6, 6.07) is 6.56. The third-order valence-corrected chi connectivity index (χ3v) is 3.12. The van der Waals surface area contributed by atoms with Gasteiger partial charge in [-0.3, -0.25) is 0 Å². The monoisotopic (exact) mass is 291 g/mol. The number of hydrogen-bond acceptors (Lipinski definition) is 2. The van der Waals surface area contributed by atoms with Crippen LogP contribution >= 0.6 is 0 Å². The molecule has 0 heterocycles. The highest BCUT2D eigenvalue weighted by atomic mass is 19.1. The Morgan fingerprint density at radius 2 is 2.19 bits per heavy atom. The molecular weight excluding hydrogens is 269 g/mol. The summed E-state index contributed by atoms with van der Waals surface area (Å²) in [5.41, 5.74) is 0. The zero-order valence-corrected chi connectivity index (χ0v) is 12.3. The normalized spacial score (nSPS) is 15.2. The van der Waals surface area contributed by atoms with E-state index in [0.29, 0.717) is 24.9 Å². The maximum Gasteiger partial charge on any atom is 0.191 e. The molecule has 0 unspecified atom stereocenters. The summed E-state index contributed by atoms with van der Waals surface area (Å²) >= 11 is 0. The number of hydrogen-bond donors (Lipinski definition) is 2. The lowest BCUT2D eigenvalue weighted by atomic mass is 10.2. The third-order valence-electron chi connectivity index (χ3n) is 3.12. The van der Waals surface area contributed by atoms with Gasteiger partial charge in [0.15, 0.2) is 5.96 Å². The molecule has 0 fully saturated rings. The minimum atomic E-state index is -0.292. The fourth-order valence-corrected chi connectivity index (χ4v) is 2.13. The maximum atomic E-state index is 13.0. The zero-order valence-electron chi connectivity index (χ0n) is 12.3. The van der Waals surface area contributed by atoms with Crippen LogP contribution in [0.1, 0.15) is 19.8 Å². The number of nitrogens with one attached hydrogen (secondary N) is 2. The Morgan fingerprint density at radius 1 is 1.38 bits per heavy atom. The standard InChI is InChI=1S/C16H22FN3O/c1-2-18-16(20-14-7-3-4-8-14)19-10-11-21-15-9-5-6-13(17)12-15/h3-6,9,12,14H,2,7-8,10-11H2,1H3,(H2,18,19,20). The lowest BCUT2D eigenvalue weighted by Crippen LogP contribution is -2.42. The molecule has 0 aromatic heterocycles. The Morgan fingerprint density at radius 3 is 2.90 bits per heavy atom. The summed E-state index contributed by atoms with van der Waals surface area (Å²) in [5, 5.41) is 6.60. The van der Waals surface area contributed by atoms with Gasteiger partial charge in [-0.1, -0.05) is 18.2 Å². The molecule has 0 atom stereocenters. The lowest BCUT2D eigenvalue weighted by Gasteiger charge is -2.16. The van der Waals surface area contributed by atoms with Crippen molar-refractivity contribution in [1.82, 2.24) is 10.6 Å². The summed E-state index contributed by atoms with van der Waals surface area (Å²) in [6.45, 7) is 3.79. The Bertz CT molecular complexity index is 494. The summed E-state index contributed by atoms with van der Waals surface area (Å²) in [4.78, 5) is 4.46. The Labute approximate surface area is 125 Å². The number of guanidine groups is 1. The molecule has 0 spiro atoms. The molecule has 0 radical (unpaired) electrons. The van der Waals surface area contributed by atoms with Crippen LogP contribution in [-0.4, -0.2) is 31.7 Å². The first-order valence-corrected chi connectivity index (χ1v) is 7.36. The van der Waals surface area contributed by atoms with Crippen LogP contribution in [0.15, 0.2) is 41.4 Å². The molecule has 0 saturated heterocycles. The second-order valence-electron chi connectivity index (χ2n) is 4.85. The van der Waals surface area contributed by atoms with E-state index in [1.807, 2.05) is 6.92 Å². The van der Waals surface area contributed by atoms with Crippen molar-refractivity contribution in [3.05, 3.63) is 42.2 Å². The first-order chi connectivity index (χ1) is 10.3. The summed E-state index contributed by atoms with van der Waals surface area (Å²) < 4.78 is 18.5. The van der Waals surface area contributed by atoms with Crippen LogP contribution < -0.4 is 15.4 Å². The molecule has 0 aliphatic heterocycles. The molecular formula is C16H22FN3O. The van der Waals surface area contributed by atoms with Crippen molar-refractivity contribution in [2.75, 3.05) is 19.7 Å². The molecule has 0 bridgehead atoms. The third kappa shape index (κ3) is 5.45. The maximum absolute atomic E-state index is 13.0. The molecule has 114 valence electrons. The van der Waals surface area contributed by atoms with Gasteiger partial charge in [-0.05, 0) is 31.9 Å². The van der Waals surface area contributed by atoms with Gasteiger partial charge in [-0.25, -0.2) is 9.38 Å². The van der Waals surface area contributed by atoms with Crippen LogP contribution in [0.4, 0.5) is 4.39 Å². The molecule has 2 rings (SSSR count). The topological polar surface area (TPSA) is 45.7 Å². The molecule has 0 saturated carbocycles. The summed E-state index contributed by atoms with van der Waals surface area (Å²) in [5.74, 6) is 1.04. The molecule has 0 amide bonds. The van der Waals surface area contributed by atoms with Gasteiger partial charge in [0.25, 0.3) is 0 Å². The van der Waals surface area contributed by atoms with Crippen molar-refractivity contribution in [3.8, 4) is 5.75 Å². The molecule has 2 N–H and O–H groups in total. The van der Waals surface area contributed by atoms with Crippen molar-refractivity contribution >= 4 is 5.96 Å². The number of nitrogens with zero attached hydrogens (tertiary/aromatic N) is 1. The van der Waals surface area contributed by atoms with Gasteiger partial charge in [0.05, 0.1) is 6.54 Å². The van der Waals surface area contributed by atoms with E-state index in [1.54, 1.807) is 12.1 Å². The van der Waals surface area contributed by atoms with E-state index < -0.39 is 0 Å². The van der Waals surface area contributed by atoms with Gasteiger partial charge in [0, 0.05) is 18.7 Å². The van der Waals surface area contributed by atoms with Crippen molar-refractivity contribution in [1.29, 1.82) is 0 Å². The van der Waals surface area contributed by atoms with Crippen LogP contribution in [-0.2, 0) is 0 Å². The van der Waals surface area contributed by atoms with Gasteiger partial charge in [-0.2, -0.15) is 0 Å². The Kier molecular flexibility index (Phi) is 6.06. The van der Waals surface area contributed by atoms with E-state index in [1.165, 1.54) is 12.1 Å². The quantitative estimate of drug-likeness (QED) is 0.366. The first kappa shape index (κ1) is 15.4. The van der Waals surface area contributed by atoms with Crippen LogP contribution in [0.25, 0.3) is 0 Å². The smallest absolute Gasteiger partial charge is 0.191 e. The fraction of sp³-hybridized carbons (Fsp3) is 0.438. The summed E-state index contributed by atoms with van der Waals surface area (Å²) in [7, 11) is 0. The average molecular weight is 291 g/mol. The molecule has 1 aliphatic rings. The Balaban J connectivity index is 1.76. The van der Waals surface area contributed by atoms with Gasteiger partial charge in [0.2, 0.25) is 0 Å². The Hall–Kier alpha value is -2.04. The SMILES string of the molecule is CCNC(=NCCOc1cccc(F)c1)NC1CC=CC1. The second kappa shape index (κ2) is 8.29. The average Bonchev–Trinajstić information content (AvgIpc) is 2.97. The van der Waals surface area contributed by atoms with Gasteiger partial charge < -0.3 is 15.4 Å². The van der Waals surface area contributed by atoms with E-state index in [9.17, 15) is 4.39 Å². The van der Waals surface area contributed by atoms with Crippen molar-refractivity contribution in [2.45, 2.75) is 25.8 Å². The molecule has 1 aromatic carbocycles. The predicted molar refractivity (Wildman–Crippen MR) is 83.2 cm³/mol. The van der Waals surface area contributed by atoms with E-state index in [4.69, 9.17) is 4.74 Å². The minimum Gasteiger partial charge on any atom is -0.492 e. The number of aliphatic imine (C=N–C) groups is 1. The number of benzene rings is 1. The molecule has 1 aromatic rings. The number of ether oxygens (including phenoxy) is 1. The van der Waals surface area contributed by atoms with Crippen LogP contribution in [0.5, 0.6) is 5.75 Å². The highest BCUT2D eigenvalue weighted by Crippen LogP contribution is 2.11. The molecule has 5 heteroatoms. The van der Waals surface area contributed by atoms with Crippen molar-refractivity contribution < 1.29 is 9.13 Å². The van der Waals surface area contributed by atoms with Crippen LogP contribution in [0.3, 0.4) is 0 Å². The van der Waals surface area contributed by atoms with E-state index in [-0.39, 0.29) is 5.82 Å². The van der Waals surface area contributed by atoms with E-state index in [2.05, 4.69) is 27.8 Å². The highest BCUT2D eigenvalue weighted by molar-refractivity contribution is 5.80. The van der Waals surface area contributed by atoms with Gasteiger partial charge in [-0.15, -0.1) is 0 Å². The first-order valence-electron chi connectivity index (χ1n) is 7.36. The largest absolute Gasteiger partial charge is 0.492 e. The van der Waals surface area contributed by atoms with Gasteiger partial charge >= 0.3 is 0 Å². The molecule has 1 aliphatic carbocycles. The lowest BCUT2D eigenvalue weighted by molar-refractivity contribution is 0.326. The van der Waals surface area contributed by atoms with Crippen LogP contribution in [0.2, 0.25) is 0 Å². The second-order valence-corrected chi connectivity index (χ2v) is 4.85. The summed E-state index contributed by atoms with van der Waals surface area (Å²) in [6.07, 6.45) is 6.41. The predicted octanol–water partition coefficient (Wildman–Crippen LogP) is 2.48. The minimum absolute atomic E-state index is 0.292. The fourth-order valence-electron chi connectivity index (χ4n) is 2.13. The number of halogens is 1. The van der Waals surface area contributed by atoms with E-state index in [0.717, 1.165) is 25.3 Å². The number of rotatable bonds is 6. The van der Waals surface area contributed by atoms with Gasteiger partial charge in [0.1, 0.15) is 18.2 Å². The molecule has 21 heavy (non-hydrogen) atoms.